The van der Waals surface area contributed by atoms with E-state index in [9.17, 15) is 0 Å². The van der Waals surface area contributed by atoms with Gasteiger partial charge in [-0.05, 0) is 5.56 Å². The topological polar surface area (TPSA) is 72.0 Å². The van der Waals surface area contributed by atoms with Gasteiger partial charge in [-0.2, -0.15) is 0 Å². The highest BCUT2D eigenvalue weighted by Crippen LogP contribution is 1.97. The van der Waals surface area contributed by atoms with Crippen LogP contribution in [-0.2, 0) is 0 Å². The van der Waals surface area contributed by atoms with Crippen LogP contribution in [0.4, 0.5) is 0 Å². The molecule has 0 fully saturated rings. The van der Waals surface area contributed by atoms with Gasteiger partial charge < -0.3 is 5.48 Å². The van der Waals surface area contributed by atoms with E-state index < -0.39 is 0 Å². The highest BCUT2D eigenvalue weighted by Gasteiger charge is 1.75. The van der Waals surface area contributed by atoms with Crippen molar-refractivity contribution in [1.82, 2.24) is 0 Å². The zero-order valence-corrected chi connectivity index (χ0v) is 6.07. The summed E-state index contributed by atoms with van der Waals surface area (Å²) >= 11 is 0. The van der Waals surface area contributed by atoms with E-state index in [-0.39, 0.29) is 5.48 Å². The summed E-state index contributed by atoms with van der Waals surface area (Å²) in [6.45, 7) is 3.63. The predicted molar refractivity (Wildman–Crippen MR) is 45.4 cm³/mol. The molecular weight excluding hydrogens is 144 g/mol. The molecular formula is C8H12O3. The van der Waals surface area contributed by atoms with Crippen LogP contribution in [0.15, 0.2) is 36.9 Å². The maximum absolute atomic E-state index is 6.00. The lowest BCUT2D eigenvalue weighted by atomic mass is 10.2. The third-order valence-corrected chi connectivity index (χ3v) is 1.04. The minimum atomic E-state index is 0. The molecule has 1 aromatic rings. The van der Waals surface area contributed by atoms with Crippen LogP contribution >= 0.6 is 0 Å². The van der Waals surface area contributed by atoms with Crippen molar-refractivity contribution >= 4 is 6.08 Å². The third kappa shape index (κ3) is 5.29. The standard InChI is InChI=1S/C8H8.H2O2.H2O/c1-2-8-6-4-3-5-7-8;1-2;/h2-7H,1H2;1-2H;1H2. The minimum Gasteiger partial charge on any atom is -0.412 e. The van der Waals surface area contributed by atoms with Crippen LogP contribution < -0.4 is 0 Å². The molecule has 0 bridgehead atoms. The fraction of sp³-hybridized carbons (Fsp3) is 0. The van der Waals surface area contributed by atoms with Gasteiger partial charge in [-0.1, -0.05) is 43.0 Å². The van der Waals surface area contributed by atoms with E-state index in [1.165, 1.54) is 5.56 Å². The summed E-state index contributed by atoms with van der Waals surface area (Å²) in [6.07, 6.45) is 1.83. The summed E-state index contributed by atoms with van der Waals surface area (Å²) in [5.74, 6) is 0. The van der Waals surface area contributed by atoms with Crippen LogP contribution in [-0.4, -0.2) is 16.0 Å². The first kappa shape index (κ1) is 12.5. The van der Waals surface area contributed by atoms with Gasteiger partial charge in [0.25, 0.3) is 0 Å². The van der Waals surface area contributed by atoms with Crippen molar-refractivity contribution in [3.63, 3.8) is 0 Å². The molecule has 11 heavy (non-hydrogen) atoms. The second-order valence-electron chi connectivity index (χ2n) is 1.61. The Morgan fingerprint density at radius 2 is 1.55 bits per heavy atom. The molecule has 0 spiro atoms. The Morgan fingerprint density at radius 3 is 1.82 bits per heavy atom. The Bertz CT molecular complexity index is 172. The van der Waals surface area contributed by atoms with Crippen molar-refractivity contribution in [3.05, 3.63) is 42.5 Å². The molecule has 0 saturated heterocycles. The number of hydrogen-bond acceptors (Lipinski definition) is 2. The van der Waals surface area contributed by atoms with E-state index >= 15 is 0 Å². The number of benzene rings is 1. The molecule has 4 N–H and O–H groups in total. The highest BCUT2D eigenvalue weighted by molar-refractivity contribution is 5.45. The molecule has 0 aliphatic rings. The van der Waals surface area contributed by atoms with Crippen molar-refractivity contribution in [2.75, 3.05) is 0 Å². The summed E-state index contributed by atoms with van der Waals surface area (Å²) in [5.41, 5.74) is 1.17. The first-order valence-corrected chi connectivity index (χ1v) is 2.81. The molecule has 0 unspecified atom stereocenters. The molecule has 0 radical (unpaired) electrons. The van der Waals surface area contributed by atoms with Crippen molar-refractivity contribution in [2.24, 2.45) is 0 Å². The molecule has 0 atom stereocenters. The van der Waals surface area contributed by atoms with Gasteiger partial charge in [0, 0.05) is 0 Å². The predicted octanol–water partition coefficient (Wildman–Crippen LogP) is 1.52. The van der Waals surface area contributed by atoms with Crippen LogP contribution in [0.3, 0.4) is 0 Å². The Hall–Kier alpha value is -1.16. The average molecular weight is 156 g/mol. The molecule has 3 heteroatoms. The van der Waals surface area contributed by atoms with E-state index in [2.05, 4.69) is 6.58 Å². The van der Waals surface area contributed by atoms with Crippen molar-refractivity contribution < 1.29 is 16.0 Å². The van der Waals surface area contributed by atoms with Crippen LogP contribution in [0.1, 0.15) is 5.56 Å². The van der Waals surface area contributed by atoms with Gasteiger partial charge in [0.2, 0.25) is 0 Å². The van der Waals surface area contributed by atoms with Crippen molar-refractivity contribution in [1.29, 1.82) is 0 Å². The summed E-state index contributed by atoms with van der Waals surface area (Å²) in [7, 11) is 0. The van der Waals surface area contributed by atoms with Gasteiger partial charge >= 0.3 is 0 Å². The Morgan fingerprint density at radius 1 is 1.09 bits per heavy atom. The zero-order valence-electron chi connectivity index (χ0n) is 6.07. The lowest BCUT2D eigenvalue weighted by Crippen LogP contribution is -1.63. The van der Waals surface area contributed by atoms with Crippen LogP contribution in [0, 0.1) is 0 Å². The van der Waals surface area contributed by atoms with Crippen LogP contribution in [0.2, 0.25) is 0 Å². The van der Waals surface area contributed by atoms with E-state index in [4.69, 9.17) is 10.5 Å². The molecule has 0 heterocycles. The maximum atomic E-state index is 6.00. The minimum absolute atomic E-state index is 0. The van der Waals surface area contributed by atoms with Gasteiger partial charge in [0.1, 0.15) is 0 Å². The van der Waals surface area contributed by atoms with Crippen molar-refractivity contribution in [2.45, 2.75) is 0 Å². The Balaban J connectivity index is 0. The van der Waals surface area contributed by atoms with Gasteiger partial charge in [-0.25, -0.2) is 0 Å². The SMILES string of the molecule is C=Cc1ccccc1.O.OO. The smallest absolute Gasteiger partial charge is 0.0263 e. The Kier molecular flexibility index (Phi) is 10.1. The normalized spacial score (nSPS) is 6.73. The Labute approximate surface area is 65.5 Å². The molecule has 0 aliphatic heterocycles. The highest BCUT2D eigenvalue weighted by atomic mass is 17.0. The molecule has 1 rings (SSSR count). The molecule has 1 aromatic carbocycles. The van der Waals surface area contributed by atoms with Crippen molar-refractivity contribution in [3.8, 4) is 0 Å². The maximum Gasteiger partial charge on any atom is -0.0263 e. The monoisotopic (exact) mass is 156 g/mol. The lowest BCUT2D eigenvalue weighted by Gasteiger charge is -1.85. The fourth-order valence-electron chi connectivity index (χ4n) is 0.589. The van der Waals surface area contributed by atoms with Gasteiger partial charge in [-0.15, -0.1) is 0 Å². The van der Waals surface area contributed by atoms with Crippen LogP contribution in [0.25, 0.3) is 6.08 Å². The second kappa shape index (κ2) is 8.84. The molecule has 0 aliphatic carbocycles. The third-order valence-electron chi connectivity index (χ3n) is 1.04. The molecule has 0 saturated carbocycles. The summed E-state index contributed by atoms with van der Waals surface area (Å²) in [4.78, 5) is 0. The second-order valence-corrected chi connectivity index (χ2v) is 1.61. The average Bonchev–Trinajstić information content (AvgIpc) is 2.10. The van der Waals surface area contributed by atoms with Gasteiger partial charge in [0.15, 0.2) is 0 Å². The fourth-order valence-corrected chi connectivity index (χ4v) is 0.589. The molecule has 3 nitrogen and oxygen atoms in total. The number of rotatable bonds is 1. The zero-order chi connectivity index (χ0) is 7.82. The quantitative estimate of drug-likeness (QED) is 0.478. The lowest BCUT2D eigenvalue weighted by molar-refractivity contribution is -0.176. The van der Waals surface area contributed by atoms with Crippen LogP contribution in [0.5, 0.6) is 0 Å². The van der Waals surface area contributed by atoms with E-state index in [1.54, 1.807) is 0 Å². The largest absolute Gasteiger partial charge is 0.412 e. The summed E-state index contributed by atoms with van der Waals surface area (Å²) in [6, 6.07) is 10.0. The first-order valence-electron chi connectivity index (χ1n) is 2.81. The molecule has 62 valence electrons. The van der Waals surface area contributed by atoms with Gasteiger partial charge in [0.05, 0.1) is 0 Å². The van der Waals surface area contributed by atoms with E-state index in [0.29, 0.717) is 0 Å². The summed E-state index contributed by atoms with van der Waals surface area (Å²) in [5, 5.41) is 12.0. The van der Waals surface area contributed by atoms with Gasteiger partial charge in [-0.3, -0.25) is 10.5 Å². The molecule has 0 aromatic heterocycles. The summed E-state index contributed by atoms with van der Waals surface area (Å²) < 4.78 is 0. The first-order chi connectivity index (χ1) is 4.93. The number of hydrogen-bond donors (Lipinski definition) is 2. The van der Waals surface area contributed by atoms with E-state index in [0.717, 1.165) is 0 Å². The van der Waals surface area contributed by atoms with E-state index in [1.807, 2.05) is 36.4 Å². The molecule has 0 amide bonds.